The molecular weight excluding hydrogens is 314 g/mol. The molecule has 5 heteroatoms. The first-order valence-corrected chi connectivity index (χ1v) is 9.29. The number of aromatic nitrogens is 2. The van der Waals surface area contributed by atoms with Gasteiger partial charge in [0.15, 0.2) is 0 Å². The van der Waals surface area contributed by atoms with Gasteiger partial charge in [-0.1, -0.05) is 18.2 Å². The van der Waals surface area contributed by atoms with Crippen molar-refractivity contribution in [2.75, 3.05) is 19.8 Å². The second-order valence-corrected chi connectivity index (χ2v) is 7.19. The van der Waals surface area contributed by atoms with E-state index in [1.54, 1.807) is 0 Å². The summed E-state index contributed by atoms with van der Waals surface area (Å²) in [5.74, 6) is 1.01. The Morgan fingerprint density at radius 3 is 2.88 bits per heavy atom. The van der Waals surface area contributed by atoms with E-state index in [9.17, 15) is 0 Å². The summed E-state index contributed by atoms with van der Waals surface area (Å²) in [4.78, 5) is 4.36. The highest BCUT2D eigenvalue weighted by atomic mass is 16.5. The lowest BCUT2D eigenvalue weighted by Crippen LogP contribution is -2.49. The van der Waals surface area contributed by atoms with Crippen molar-refractivity contribution in [2.45, 2.75) is 50.8 Å². The van der Waals surface area contributed by atoms with E-state index in [0.717, 1.165) is 57.9 Å². The van der Waals surface area contributed by atoms with Gasteiger partial charge in [-0.25, -0.2) is 4.98 Å². The van der Waals surface area contributed by atoms with E-state index >= 15 is 0 Å². The number of hydrogen-bond acceptors (Lipinski definition) is 4. The number of para-hydroxylation sites is 1. The van der Waals surface area contributed by atoms with Crippen LogP contribution in [-0.2, 0) is 16.0 Å². The summed E-state index contributed by atoms with van der Waals surface area (Å²) in [6.07, 6.45) is 8.09. The lowest BCUT2D eigenvalue weighted by molar-refractivity contribution is -0.140. The molecule has 0 bridgehead atoms. The highest BCUT2D eigenvalue weighted by molar-refractivity contribution is 5.42. The minimum absolute atomic E-state index is 0.0363. The van der Waals surface area contributed by atoms with Crippen molar-refractivity contribution in [3.8, 4) is 5.69 Å². The zero-order valence-electron chi connectivity index (χ0n) is 14.9. The van der Waals surface area contributed by atoms with Gasteiger partial charge < -0.3 is 19.4 Å². The van der Waals surface area contributed by atoms with E-state index < -0.39 is 0 Å². The maximum Gasteiger partial charge on any atom is 0.110 e. The standard InChI is InChI=1S/C20H27N3O2/c1-16-21-9-10-23(16)19-5-3-2-4-17(19)15-22-18-6-11-25-20(14-18)7-12-24-13-8-20/h2-5,9-10,18,22H,6-8,11-15H2,1H3/t18-/m0/s1. The molecule has 1 atom stereocenters. The van der Waals surface area contributed by atoms with Gasteiger partial charge in [-0.2, -0.15) is 0 Å². The highest BCUT2D eigenvalue weighted by Gasteiger charge is 2.38. The average Bonchev–Trinajstić information content (AvgIpc) is 3.07. The van der Waals surface area contributed by atoms with Gasteiger partial charge in [-0.05, 0) is 44.2 Å². The lowest BCUT2D eigenvalue weighted by atomic mass is 9.84. The third kappa shape index (κ3) is 3.64. The molecule has 1 spiro atoms. The fourth-order valence-electron chi connectivity index (χ4n) is 4.08. The first-order chi connectivity index (χ1) is 12.3. The van der Waals surface area contributed by atoms with Crippen LogP contribution in [0.5, 0.6) is 0 Å². The summed E-state index contributed by atoms with van der Waals surface area (Å²) in [5, 5.41) is 3.78. The third-order valence-corrected chi connectivity index (χ3v) is 5.56. The van der Waals surface area contributed by atoms with Crippen molar-refractivity contribution in [3.05, 3.63) is 48.0 Å². The minimum Gasteiger partial charge on any atom is -0.381 e. The molecular formula is C20H27N3O2. The summed E-state index contributed by atoms with van der Waals surface area (Å²) in [5.41, 5.74) is 2.54. The van der Waals surface area contributed by atoms with Gasteiger partial charge in [-0.3, -0.25) is 0 Å². The van der Waals surface area contributed by atoms with Gasteiger partial charge in [-0.15, -0.1) is 0 Å². The molecule has 0 amide bonds. The third-order valence-electron chi connectivity index (χ3n) is 5.56. The first kappa shape index (κ1) is 16.8. The van der Waals surface area contributed by atoms with Gasteiger partial charge in [0.2, 0.25) is 0 Å². The van der Waals surface area contributed by atoms with E-state index in [0.29, 0.717) is 6.04 Å². The van der Waals surface area contributed by atoms with Gasteiger partial charge in [0.25, 0.3) is 0 Å². The molecule has 0 saturated carbocycles. The Kier molecular flexibility index (Phi) is 4.88. The molecule has 2 saturated heterocycles. The van der Waals surface area contributed by atoms with E-state index in [2.05, 4.69) is 39.1 Å². The number of hydrogen-bond donors (Lipinski definition) is 1. The van der Waals surface area contributed by atoms with Crippen LogP contribution < -0.4 is 5.32 Å². The van der Waals surface area contributed by atoms with Crippen molar-refractivity contribution in [1.29, 1.82) is 0 Å². The molecule has 4 rings (SSSR count). The van der Waals surface area contributed by atoms with Crippen LogP contribution in [-0.4, -0.2) is 41.0 Å². The zero-order chi connectivity index (χ0) is 17.1. The van der Waals surface area contributed by atoms with Gasteiger partial charge >= 0.3 is 0 Å². The largest absolute Gasteiger partial charge is 0.381 e. The van der Waals surface area contributed by atoms with Crippen LogP contribution in [0.25, 0.3) is 5.69 Å². The number of benzene rings is 1. The summed E-state index contributed by atoms with van der Waals surface area (Å²) in [7, 11) is 0. The molecule has 0 aliphatic carbocycles. The molecule has 2 aromatic rings. The van der Waals surface area contributed by atoms with Gasteiger partial charge in [0, 0.05) is 44.8 Å². The predicted octanol–water partition coefficient (Wildman–Crippen LogP) is 3.00. The maximum atomic E-state index is 6.15. The van der Waals surface area contributed by atoms with Crippen LogP contribution in [0.3, 0.4) is 0 Å². The number of ether oxygens (including phenoxy) is 2. The number of nitrogens with one attached hydrogen (secondary N) is 1. The Morgan fingerprint density at radius 2 is 2.08 bits per heavy atom. The maximum absolute atomic E-state index is 6.15. The van der Waals surface area contributed by atoms with E-state index in [4.69, 9.17) is 9.47 Å². The molecule has 25 heavy (non-hydrogen) atoms. The van der Waals surface area contributed by atoms with E-state index in [-0.39, 0.29) is 5.60 Å². The Hall–Kier alpha value is -1.69. The molecule has 2 aliphatic rings. The Morgan fingerprint density at radius 1 is 1.24 bits per heavy atom. The van der Waals surface area contributed by atoms with Crippen molar-refractivity contribution < 1.29 is 9.47 Å². The minimum atomic E-state index is 0.0363. The highest BCUT2D eigenvalue weighted by Crippen LogP contribution is 2.34. The number of imidazole rings is 1. The molecule has 3 heterocycles. The summed E-state index contributed by atoms with van der Waals surface area (Å²) in [6, 6.07) is 9.06. The van der Waals surface area contributed by atoms with Crippen LogP contribution in [0.1, 0.15) is 37.1 Å². The number of nitrogens with zero attached hydrogens (tertiary/aromatic N) is 2. The van der Waals surface area contributed by atoms with Crippen LogP contribution in [0.15, 0.2) is 36.7 Å². The van der Waals surface area contributed by atoms with Crippen LogP contribution in [0.2, 0.25) is 0 Å². The molecule has 1 aromatic carbocycles. The monoisotopic (exact) mass is 341 g/mol. The molecule has 2 fully saturated rings. The fraction of sp³-hybridized carbons (Fsp3) is 0.550. The van der Waals surface area contributed by atoms with Gasteiger partial charge in [0.1, 0.15) is 5.82 Å². The van der Waals surface area contributed by atoms with Crippen LogP contribution in [0.4, 0.5) is 0 Å². The molecule has 1 aromatic heterocycles. The lowest BCUT2D eigenvalue weighted by Gasteiger charge is -2.43. The quantitative estimate of drug-likeness (QED) is 0.929. The topological polar surface area (TPSA) is 48.3 Å². The molecule has 0 radical (unpaired) electrons. The van der Waals surface area contributed by atoms with E-state index in [1.807, 2.05) is 19.3 Å². The Bertz CT molecular complexity index is 701. The smallest absolute Gasteiger partial charge is 0.110 e. The second kappa shape index (κ2) is 7.28. The van der Waals surface area contributed by atoms with Crippen molar-refractivity contribution in [3.63, 3.8) is 0 Å². The summed E-state index contributed by atoms with van der Waals surface area (Å²) < 4.78 is 13.8. The fourth-order valence-corrected chi connectivity index (χ4v) is 4.08. The van der Waals surface area contributed by atoms with Crippen molar-refractivity contribution in [1.82, 2.24) is 14.9 Å². The SMILES string of the molecule is Cc1nccn1-c1ccccc1CN[C@H]1CCOC2(CCOCC2)C1. The average molecular weight is 341 g/mol. The van der Waals surface area contributed by atoms with Crippen LogP contribution >= 0.6 is 0 Å². The van der Waals surface area contributed by atoms with Gasteiger partial charge in [0.05, 0.1) is 11.3 Å². The molecule has 1 N–H and O–H groups in total. The molecule has 0 unspecified atom stereocenters. The summed E-state index contributed by atoms with van der Waals surface area (Å²) >= 11 is 0. The van der Waals surface area contributed by atoms with E-state index in [1.165, 1.54) is 11.3 Å². The number of rotatable bonds is 4. The Labute approximate surface area is 149 Å². The molecule has 134 valence electrons. The summed E-state index contributed by atoms with van der Waals surface area (Å²) in [6.45, 7) is 5.41. The predicted molar refractivity (Wildman–Crippen MR) is 96.9 cm³/mol. The molecule has 2 aliphatic heterocycles. The van der Waals surface area contributed by atoms with Crippen molar-refractivity contribution >= 4 is 0 Å². The number of aryl methyl sites for hydroxylation is 1. The normalized spacial score (nSPS) is 23.0. The Balaban J connectivity index is 1.44. The molecule has 5 nitrogen and oxygen atoms in total. The first-order valence-electron chi connectivity index (χ1n) is 9.29. The zero-order valence-corrected chi connectivity index (χ0v) is 14.9. The van der Waals surface area contributed by atoms with Crippen molar-refractivity contribution in [2.24, 2.45) is 0 Å². The van der Waals surface area contributed by atoms with Crippen LogP contribution in [0, 0.1) is 6.92 Å². The second-order valence-electron chi connectivity index (χ2n) is 7.19.